The second-order valence-corrected chi connectivity index (χ2v) is 8.12. The van der Waals surface area contributed by atoms with Crippen molar-refractivity contribution < 1.29 is 32.4 Å². The van der Waals surface area contributed by atoms with Crippen molar-refractivity contribution in [3.8, 4) is 11.3 Å². The average molecular weight is 470 g/mol. The summed E-state index contributed by atoms with van der Waals surface area (Å²) in [5.74, 6) is -3.04. The van der Waals surface area contributed by atoms with Crippen LogP contribution in [0.1, 0.15) is 47.9 Å². The first-order valence-electron chi connectivity index (χ1n) is 9.16. The van der Waals surface area contributed by atoms with Crippen LogP contribution in [0, 0.1) is 0 Å². The van der Waals surface area contributed by atoms with Gasteiger partial charge in [-0.15, -0.1) is 11.3 Å². The summed E-state index contributed by atoms with van der Waals surface area (Å²) in [4.78, 5) is 26.1. The van der Waals surface area contributed by atoms with Gasteiger partial charge in [0.2, 0.25) is 0 Å². The Morgan fingerprint density at radius 2 is 1.81 bits per heavy atom. The number of nitrogens with one attached hydrogen (secondary N) is 1. The minimum absolute atomic E-state index is 0.237. The van der Waals surface area contributed by atoms with E-state index in [4.69, 9.17) is 20.2 Å². The number of carbonyl (C=O) groups is 2. The van der Waals surface area contributed by atoms with Gasteiger partial charge < -0.3 is 20.7 Å². The van der Waals surface area contributed by atoms with Crippen LogP contribution >= 0.6 is 11.3 Å². The Balaban J connectivity index is 0.000000451. The maximum Gasteiger partial charge on any atom is 0.490 e. The molecular weight excluding hydrogens is 449 g/mol. The Labute approximate surface area is 185 Å². The van der Waals surface area contributed by atoms with Crippen molar-refractivity contribution in [2.45, 2.75) is 38.5 Å². The van der Waals surface area contributed by atoms with E-state index in [-0.39, 0.29) is 11.9 Å². The lowest BCUT2D eigenvalue weighted by Gasteiger charge is -2.17. The molecule has 1 aromatic carbocycles. The Bertz CT molecular complexity index is 1060. The molecule has 0 aliphatic carbocycles. The lowest BCUT2D eigenvalue weighted by Crippen LogP contribution is -2.34. The smallest absolute Gasteiger partial charge is 0.475 e. The fourth-order valence-electron chi connectivity index (χ4n) is 2.43. The predicted molar refractivity (Wildman–Crippen MR) is 111 cm³/mol. The number of aromatic nitrogens is 2. The molecule has 4 N–H and O–H groups in total. The van der Waals surface area contributed by atoms with Crippen molar-refractivity contribution >= 4 is 23.2 Å². The molecule has 0 radical (unpaired) electrons. The van der Waals surface area contributed by atoms with Gasteiger partial charge in [-0.2, -0.15) is 13.2 Å². The zero-order chi connectivity index (χ0) is 24.1. The molecular formula is C20H21F3N4O4S. The van der Waals surface area contributed by atoms with Crippen LogP contribution in [0.4, 0.5) is 13.2 Å². The Hall–Kier alpha value is -3.25. The highest BCUT2D eigenvalue weighted by Crippen LogP contribution is 2.26. The number of hydrogen-bond acceptors (Lipinski definition) is 7. The Kier molecular flexibility index (Phi) is 7.75. The van der Waals surface area contributed by atoms with Gasteiger partial charge in [0.05, 0.1) is 17.3 Å². The van der Waals surface area contributed by atoms with E-state index in [1.54, 1.807) is 13.8 Å². The fourth-order valence-corrected chi connectivity index (χ4v) is 3.26. The number of carboxylic acids is 1. The third-order valence-corrected chi connectivity index (χ3v) is 5.00. The van der Waals surface area contributed by atoms with Gasteiger partial charge in [-0.25, -0.2) is 9.78 Å². The van der Waals surface area contributed by atoms with Gasteiger partial charge in [-0.1, -0.05) is 35.5 Å². The molecule has 12 heteroatoms. The zero-order valence-corrected chi connectivity index (χ0v) is 18.1. The number of halogens is 3. The number of nitrogens with zero attached hydrogens (tertiary/aromatic N) is 2. The summed E-state index contributed by atoms with van der Waals surface area (Å²) in [6.07, 6.45) is -3.76. The topological polar surface area (TPSA) is 131 Å². The quantitative estimate of drug-likeness (QED) is 0.511. The number of nitrogens with two attached hydrogens (primary N) is 1. The van der Waals surface area contributed by atoms with Gasteiger partial charge in [0.25, 0.3) is 5.91 Å². The predicted octanol–water partition coefficient (Wildman–Crippen LogP) is 4.12. The summed E-state index contributed by atoms with van der Waals surface area (Å²) >= 11 is 1.51. The molecule has 0 aliphatic heterocycles. The maximum absolute atomic E-state index is 12.5. The van der Waals surface area contributed by atoms with Crippen molar-refractivity contribution in [1.82, 2.24) is 15.5 Å². The molecule has 0 spiro atoms. The first-order chi connectivity index (χ1) is 14.8. The standard InChI is InChI=1S/C18H20N4O2S.C2HF3O2/c1-11(17-21-14(10-25-17)12-7-5-4-6-8-12)20-16(23)13-9-24-22-15(13)18(2,3)19;3-2(4,5)1(6)7/h4-11H,19H2,1-3H3,(H,20,23);(H,6,7). The molecule has 3 rings (SSSR count). The van der Waals surface area contributed by atoms with Gasteiger partial charge in [0, 0.05) is 10.9 Å². The van der Waals surface area contributed by atoms with Crippen molar-refractivity contribution in [2.75, 3.05) is 0 Å². The van der Waals surface area contributed by atoms with Crippen LogP contribution in [0.15, 0.2) is 46.5 Å². The van der Waals surface area contributed by atoms with Gasteiger partial charge in [0.1, 0.15) is 22.5 Å². The van der Waals surface area contributed by atoms with Gasteiger partial charge >= 0.3 is 12.1 Å². The molecule has 0 bridgehead atoms. The van der Waals surface area contributed by atoms with Crippen LogP contribution in [-0.4, -0.2) is 33.3 Å². The van der Waals surface area contributed by atoms with Crippen molar-refractivity contribution in [3.63, 3.8) is 0 Å². The lowest BCUT2D eigenvalue weighted by atomic mass is 9.98. The molecule has 1 atom stereocenters. The molecule has 0 saturated heterocycles. The van der Waals surface area contributed by atoms with E-state index >= 15 is 0 Å². The molecule has 3 aromatic rings. The van der Waals surface area contributed by atoms with Gasteiger partial charge in [-0.3, -0.25) is 4.79 Å². The first-order valence-corrected chi connectivity index (χ1v) is 10.0. The number of carboxylic acid groups (broad SMARTS) is 1. The highest BCUT2D eigenvalue weighted by Gasteiger charge is 2.38. The molecule has 0 saturated carbocycles. The molecule has 172 valence electrons. The van der Waals surface area contributed by atoms with Crippen molar-refractivity contribution in [1.29, 1.82) is 0 Å². The summed E-state index contributed by atoms with van der Waals surface area (Å²) < 4.78 is 36.7. The SMILES string of the molecule is CC(NC(=O)c1conc1C(C)(C)N)c1nc(-c2ccccc2)cs1.O=C(O)C(F)(F)F. The Morgan fingerprint density at radius 1 is 1.22 bits per heavy atom. The summed E-state index contributed by atoms with van der Waals surface area (Å²) in [5, 5.41) is 16.7. The molecule has 2 aromatic heterocycles. The molecule has 1 amide bonds. The number of aliphatic carboxylic acids is 1. The van der Waals surface area contributed by atoms with Crippen LogP contribution in [0.2, 0.25) is 0 Å². The molecule has 1 unspecified atom stereocenters. The third-order valence-electron chi connectivity index (χ3n) is 3.98. The van der Waals surface area contributed by atoms with E-state index in [0.717, 1.165) is 16.3 Å². The summed E-state index contributed by atoms with van der Waals surface area (Å²) in [5.41, 5.74) is 8.00. The van der Waals surface area contributed by atoms with Crippen LogP contribution in [0.3, 0.4) is 0 Å². The van der Waals surface area contributed by atoms with Crippen LogP contribution in [0.25, 0.3) is 11.3 Å². The third kappa shape index (κ3) is 6.62. The number of alkyl halides is 3. The molecule has 0 aliphatic rings. The highest BCUT2D eigenvalue weighted by atomic mass is 32.1. The fraction of sp³-hybridized carbons (Fsp3) is 0.300. The maximum atomic E-state index is 12.5. The molecule has 0 fully saturated rings. The Morgan fingerprint density at radius 3 is 2.34 bits per heavy atom. The molecule has 8 nitrogen and oxygen atoms in total. The summed E-state index contributed by atoms with van der Waals surface area (Å²) in [7, 11) is 0. The number of carbonyl (C=O) groups excluding carboxylic acids is 1. The first kappa shape index (κ1) is 25.0. The average Bonchev–Trinajstić information content (AvgIpc) is 3.38. The summed E-state index contributed by atoms with van der Waals surface area (Å²) in [6.45, 7) is 5.45. The van der Waals surface area contributed by atoms with Crippen molar-refractivity contribution in [3.05, 3.63) is 58.2 Å². The van der Waals surface area contributed by atoms with Crippen LogP contribution in [0.5, 0.6) is 0 Å². The van der Waals surface area contributed by atoms with E-state index in [1.807, 2.05) is 42.6 Å². The number of benzene rings is 1. The van der Waals surface area contributed by atoms with Crippen LogP contribution in [-0.2, 0) is 10.3 Å². The largest absolute Gasteiger partial charge is 0.490 e. The molecule has 32 heavy (non-hydrogen) atoms. The monoisotopic (exact) mass is 470 g/mol. The van der Waals surface area contributed by atoms with E-state index in [2.05, 4.69) is 15.5 Å². The minimum atomic E-state index is -5.08. The van der Waals surface area contributed by atoms with Gasteiger partial charge in [-0.05, 0) is 20.8 Å². The minimum Gasteiger partial charge on any atom is -0.475 e. The molecule has 2 heterocycles. The second-order valence-electron chi connectivity index (χ2n) is 7.23. The van der Waals surface area contributed by atoms with E-state index in [0.29, 0.717) is 11.3 Å². The van der Waals surface area contributed by atoms with E-state index < -0.39 is 17.7 Å². The van der Waals surface area contributed by atoms with Crippen LogP contribution < -0.4 is 11.1 Å². The summed E-state index contributed by atoms with van der Waals surface area (Å²) in [6, 6.07) is 9.70. The number of amides is 1. The van der Waals surface area contributed by atoms with E-state index in [1.165, 1.54) is 17.6 Å². The zero-order valence-electron chi connectivity index (χ0n) is 17.3. The van der Waals surface area contributed by atoms with E-state index in [9.17, 15) is 18.0 Å². The normalized spacial score (nSPS) is 12.5. The second kappa shape index (κ2) is 9.92. The van der Waals surface area contributed by atoms with Crippen molar-refractivity contribution in [2.24, 2.45) is 5.73 Å². The number of rotatable bonds is 5. The lowest BCUT2D eigenvalue weighted by molar-refractivity contribution is -0.192. The highest BCUT2D eigenvalue weighted by molar-refractivity contribution is 7.10. The number of thiazole rings is 1. The van der Waals surface area contributed by atoms with Gasteiger partial charge in [0.15, 0.2) is 0 Å². The number of hydrogen-bond donors (Lipinski definition) is 3.